The van der Waals surface area contributed by atoms with Crippen LogP contribution in [0.15, 0.2) is 20.4 Å². The first-order valence-corrected chi connectivity index (χ1v) is 7.43. The molecule has 0 atom stereocenters. The van der Waals surface area contributed by atoms with Crippen molar-refractivity contribution >= 4 is 52.1 Å². The zero-order valence-corrected chi connectivity index (χ0v) is 14.6. The maximum absolute atomic E-state index is 5.30. The normalized spacial score (nSPS) is 15.4. The van der Waals surface area contributed by atoms with Gasteiger partial charge in [-0.2, -0.15) is 4.98 Å². The topological polar surface area (TPSA) is 54.2 Å². The molecular formula is C11H15BrCl2N4OS. The smallest absolute Gasteiger partial charge is 0.241 e. The number of halogens is 3. The van der Waals surface area contributed by atoms with Gasteiger partial charge in [-0.25, -0.2) is 0 Å². The molecule has 0 aliphatic carbocycles. The van der Waals surface area contributed by atoms with Crippen LogP contribution in [0.1, 0.15) is 5.89 Å². The minimum Gasteiger partial charge on any atom is -0.338 e. The number of thiophene rings is 1. The highest BCUT2D eigenvalue weighted by atomic mass is 79.9. The second-order valence-electron chi connectivity index (χ2n) is 4.14. The van der Waals surface area contributed by atoms with Crippen molar-refractivity contribution < 1.29 is 4.52 Å². The van der Waals surface area contributed by atoms with E-state index in [9.17, 15) is 0 Å². The van der Waals surface area contributed by atoms with Gasteiger partial charge >= 0.3 is 0 Å². The minimum atomic E-state index is 0. The standard InChI is InChI=1S/C11H13BrN4OS.2ClH/c12-9-2-1-8(18-9)11-14-10(17-15-11)7-16-5-3-13-4-6-16;;/h1-2,13H,3-7H2;2*1H. The molecular weight excluding hydrogens is 387 g/mol. The molecule has 0 bridgehead atoms. The summed E-state index contributed by atoms with van der Waals surface area (Å²) in [6, 6.07) is 3.99. The lowest BCUT2D eigenvalue weighted by Gasteiger charge is -2.25. The van der Waals surface area contributed by atoms with Crippen molar-refractivity contribution in [1.82, 2.24) is 20.4 Å². The highest BCUT2D eigenvalue weighted by Gasteiger charge is 2.15. The van der Waals surface area contributed by atoms with Crippen molar-refractivity contribution in [2.45, 2.75) is 6.54 Å². The lowest BCUT2D eigenvalue weighted by atomic mass is 10.3. The van der Waals surface area contributed by atoms with E-state index in [1.165, 1.54) is 0 Å². The summed E-state index contributed by atoms with van der Waals surface area (Å²) < 4.78 is 6.37. The van der Waals surface area contributed by atoms with E-state index in [0.29, 0.717) is 11.7 Å². The summed E-state index contributed by atoms with van der Waals surface area (Å²) in [4.78, 5) is 7.78. The molecule has 1 fully saturated rings. The van der Waals surface area contributed by atoms with E-state index in [1.807, 2.05) is 12.1 Å². The van der Waals surface area contributed by atoms with Crippen LogP contribution < -0.4 is 5.32 Å². The average molecular weight is 402 g/mol. The van der Waals surface area contributed by atoms with Gasteiger partial charge in [0, 0.05) is 26.2 Å². The van der Waals surface area contributed by atoms with Gasteiger partial charge in [0.2, 0.25) is 11.7 Å². The molecule has 0 aromatic carbocycles. The van der Waals surface area contributed by atoms with Gasteiger partial charge in [0.15, 0.2) is 0 Å². The molecule has 1 aliphatic rings. The van der Waals surface area contributed by atoms with Gasteiger partial charge in [0.05, 0.1) is 15.2 Å². The molecule has 20 heavy (non-hydrogen) atoms. The minimum absolute atomic E-state index is 0. The Morgan fingerprint density at radius 2 is 2.05 bits per heavy atom. The summed E-state index contributed by atoms with van der Waals surface area (Å²) in [6.45, 7) is 4.85. The molecule has 1 saturated heterocycles. The number of hydrogen-bond donors (Lipinski definition) is 1. The average Bonchev–Trinajstić information content (AvgIpc) is 2.99. The van der Waals surface area contributed by atoms with E-state index < -0.39 is 0 Å². The molecule has 112 valence electrons. The molecule has 3 heterocycles. The van der Waals surface area contributed by atoms with Gasteiger partial charge in [0.25, 0.3) is 0 Å². The predicted octanol–water partition coefficient (Wildman–Crippen LogP) is 2.81. The summed E-state index contributed by atoms with van der Waals surface area (Å²) in [5.41, 5.74) is 0. The highest BCUT2D eigenvalue weighted by Crippen LogP contribution is 2.29. The fourth-order valence-electron chi connectivity index (χ4n) is 1.91. The number of hydrogen-bond acceptors (Lipinski definition) is 6. The first kappa shape index (κ1) is 17.9. The zero-order chi connectivity index (χ0) is 12.4. The number of rotatable bonds is 3. The molecule has 0 radical (unpaired) electrons. The first-order chi connectivity index (χ1) is 8.81. The zero-order valence-electron chi connectivity index (χ0n) is 10.5. The maximum atomic E-state index is 5.30. The Morgan fingerprint density at radius 3 is 2.70 bits per heavy atom. The third kappa shape index (κ3) is 4.41. The van der Waals surface area contributed by atoms with Crippen molar-refractivity contribution in [1.29, 1.82) is 0 Å². The lowest BCUT2D eigenvalue weighted by molar-refractivity contribution is 0.203. The number of nitrogens with one attached hydrogen (secondary N) is 1. The van der Waals surface area contributed by atoms with Gasteiger partial charge < -0.3 is 9.84 Å². The van der Waals surface area contributed by atoms with Crippen LogP contribution in [0.5, 0.6) is 0 Å². The fraction of sp³-hybridized carbons (Fsp3) is 0.455. The molecule has 0 amide bonds. The largest absolute Gasteiger partial charge is 0.338 e. The summed E-state index contributed by atoms with van der Waals surface area (Å²) in [5.74, 6) is 1.37. The third-order valence-electron chi connectivity index (χ3n) is 2.83. The summed E-state index contributed by atoms with van der Waals surface area (Å²) in [6.07, 6.45) is 0. The van der Waals surface area contributed by atoms with Crippen molar-refractivity contribution in [3.63, 3.8) is 0 Å². The number of piperazine rings is 1. The van der Waals surface area contributed by atoms with Gasteiger partial charge in [-0.15, -0.1) is 36.2 Å². The first-order valence-electron chi connectivity index (χ1n) is 5.82. The molecule has 2 aromatic rings. The molecule has 0 spiro atoms. The Hall–Kier alpha value is -0.180. The molecule has 0 unspecified atom stereocenters. The number of nitrogens with zero attached hydrogens (tertiary/aromatic N) is 3. The Morgan fingerprint density at radius 1 is 1.30 bits per heavy atom. The Kier molecular flexibility index (Phi) is 7.42. The van der Waals surface area contributed by atoms with Gasteiger partial charge in [0.1, 0.15) is 0 Å². The summed E-state index contributed by atoms with van der Waals surface area (Å²) >= 11 is 5.04. The fourth-order valence-corrected chi connectivity index (χ4v) is 3.23. The Balaban J connectivity index is 0.000001000. The SMILES string of the molecule is Brc1ccc(-c2noc(CN3CCNCC3)n2)s1.Cl.Cl. The quantitative estimate of drug-likeness (QED) is 0.856. The molecule has 5 nitrogen and oxygen atoms in total. The van der Waals surface area contributed by atoms with Crippen LogP contribution in [0.3, 0.4) is 0 Å². The van der Waals surface area contributed by atoms with Crippen LogP contribution in [0.2, 0.25) is 0 Å². The summed E-state index contributed by atoms with van der Waals surface area (Å²) in [7, 11) is 0. The summed E-state index contributed by atoms with van der Waals surface area (Å²) in [5, 5.41) is 7.35. The van der Waals surface area contributed by atoms with Crippen LogP contribution >= 0.6 is 52.1 Å². The monoisotopic (exact) mass is 400 g/mol. The van der Waals surface area contributed by atoms with Crippen molar-refractivity contribution in [3.8, 4) is 10.7 Å². The van der Waals surface area contributed by atoms with E-state index in [0.717, 1.165) is 41.4 Å². The highest BCUT2D eigenvalue weighted by molar-refractivity contribution is 9.11. The van der Waals surface area contributed by atoms with Crippen LogP contribution in [0, 0.1) is 0 Å². The van der Waals surface area contributed by atoms with Gasteiger partial charge in [-0.3, -0.25) is 4.90 Å². The third-order valence-corrected chi connectivity index (χ3v) is 4.45. The van der Waals surface area contributed by atoms with E-state index in [2.05, 4.69) is 36.3 Å². The van der Waals surface area contributed by atoms with E-state index >= 15 is 0 Å². The van der Waals surface area contributed by atoms with E-state index in [-0.39, 0.29) is 24.8 Å². The molecule has 1 N–H and O–H groups in total. The van der Waals surface area contributed by atoms with Gasteiger partial charge in [-0.05, 0) is 28.1 Å². The van der Waals surface area contributed by atoms with Crippen LogP contribution in [0.25, 0.3) is 10.7 Å². The predicted molar refractivity (Wildman–Crippen MR) is 88.0 cm³/mol. The molecule has 0 saturated carbocycles. The molecule has 3 rings (SSSR count). The second-order valence-corrected chi connectivity index (χ2v) is 6.60. The molecule has 1 aliphatic heterocycles. The van der Waals surface area contributed by atoms with Crippen molar-refractivity contribution in [2.75, 3.05) is 26.2 Å². The molecule has 9 heteroatoms. The van der Waals surface area contributed by atoms with E-state index in [1.54, 1.807) is 11.3 Å². The van der Waals surface area contributed by atoms with E-state index in [4.69, 9.17) is 4.52 Å². The van der Waals surface area contributed by atoms with Crippen molar-refractivity contribution in [2.24, 2.45) is 0 Å². The molecule has 2 aromatic heterocycles. The van der Waals surface area contributed by atoms with Crippen LogP contribution in [-0.2, 0) is 6.54 Å². The Labute approximate surface area is 142 Å². The van der Waals surface area contributed by atoms with Crippen molar-refractivity contribution in [3.05, 3.63) is 21.8 Å². The maximum Gasteiger partial charge on any atom is 0.241 e. The van der Waals surface area contributed by atoms with Crippen LogP contribution in [0.4, 0.5) is 0 Å². The second kappa shape index (κ2) is 8.31. The lowest BCUT2D eigenvalue weighted by Crippen LogP contribution is -2.42. The number of aromatic nitrogens is 2. The Bertz CT molecular complexity index is 530. The van der Waals surface area contributed by atoms with Gasteiger partial charge in [-0.1, -0.05) is 5.16 Å². The van der Waals surface area contributed by atoms with Crippen LogP contribution in [-0.4, -0.2) is 41.2 Å².